The van der Waals surface area contributed by atoms with Crippen molar-refractivity contribution in [3.05, 3.63) is 151 Å². The summed E-state index contributed by atoms with van der Waals surface area (Å²) in [6.07, 6.45) is 9.02. The summed E-state index contributed by atoms with van der Waals surface area (Å²) in [4.78, 5) is 15.1. The molecule has 0 amide bonds. The zero-order valence-electron chi connectivity index (χ0n) is 23.6. The maximum atomic E-state index is 5.09. The second kappa shape index (κ2) is 10.7. The highest BCUT2D eigenvalue weighted by atomic mass is 15.2. The zero-order chi connectivity index (χ0) is 28.6. The molecule has 0 radical (unpaired) electrons. The summed E-state index contributed by atoms with van der Waals surface area (Å²) < 4.78 is 2.19. The van der Waals surface area contributed by atoms with Crippen molar-refractivity contribution in [3.8, 4) is 39.9 Å². The molecule has 7 aromatic rings. The molecule has 0 spiro atoms. The number of nitrogens with zero attached hydrogens (tertiary/aromatic N) is 4. The van der Waals surface area contributed by atoms with Gasteiger partial charge >= 0.3 is 0 Å². The van der Waals surface area contributed by atoms with Gasteiger partial charge in [0.05, 0.1) is 11.0 Å². The average Bonchev–Trinajstić information content (AvgIpc) is 3.43. The predicted octanol–water partition coefficient (Wildman–Crippen LogP) is 9.70. The summed E-state index contributed by atoms with van der Waals surface area (Å²) in [5.74, 6) is 1.89. The Bertz CT molecular complexity index is 2120. The smallest absolute Gasteiger partial charge is 0.238 e. The van der Waals surface area contributed by atoms with Crippen molar-refractivity contribution in [2.75, 3.05) is 0 Å². The molecule has 43 heavy (non-hydrogen) atoms. The molecular formula is C39H28N4. The van der Waals surface area contributed by atoms with Crippen LogP contribution in [0.1, 0.15) is 18.4 Å². The first-order valence-corrected chi connectivity index (χ1v) is 14.7. The molecule has 4 heteroatoms. The fourth-order valence-corrected chi connectivity index (χ4v) is 6.05. The number of benzene rings is 5. The normalized spacial score (nSPS) is 13.0. The minimum Gasteiger partial charge on any atom is -0.278 e. The molecule has 0 atom stereocenters. The number of fused-ring (bicyclic) bond motifs is 3. The lowest BCUT2D eigenvalue weighted by molar-refractivity contribution is 0.953. The van der Waals surface area contributed by atoms with Gasteiger partial charge in [0.1, 0.15) is 0 Å². The lowest BCUT2D eigenvalue weighted by Gasteiger charge is -2.14. The maximum absolute atomic E-state index is 5.09. The van der Waals surface area contributed by atoms with E-state index in [-0.39, 0.29) is 0 Å². The predicted molar refractivity (Wildman–Crippen MR) is 177 cm³/mol. The Morgan fingerprint density at radius 2 is 1.12 bits per heavy atom. The van der Waals surface area contributed by atoms with Crippen LogP contribution in [0.4, 0.5) is 0 Å². The molecule has 8 rings (SSSR count). The number of para-hydroxylation sites is 1. The zero-order valence-corrected chi connectivity index (χ0v) is 23.6. The molecule has 0 saturated heterocycles. The van der Waals surface area contributed by atoms with E-state index in [0.29, 0.717) is 17.6 Å². The van der Waals surface area contributed by atoms with Gasteiger partial charge in [-0.2, -0.15) is 9.97 Å². The highest BCUT2D eigenvalue weighted by Gasteiger charge is 2.19. The van der Waals surface area contributed by atoms with Crippen LogP contribution in [0.5, 0.6) is 0 Å². The molecule has 5 aromatic carbocycles. The van der Waals surface area contributed by atoms with Gasteiger partial charge in [-0.3, -0.25) is 4.57 Å². The number of allylic oxidation sites excluding steroid dienone is 4. The molecule has 204 valence electrons. The van der Waals surface area contributed by atoms with Gasteiger partial charge in [0.2, 0.25) is 5.95 Å². The molecule has 2 aromatic heterocycles. The Morgan fingerprint density at radius 3 is 1.81 bits per heavy atom. The fraction of sp³-hybridized carbons (Fsp3) is 0.0513. The standard InChI is InChI=1S/C39H28N4/c1-4-14-27(15-5-1)31-20-10-11-21-32(31)30-24-25-34-33-22-12-13-23-35(33)43(36(34)26-30)39-41-37(28-16-6-2-7-17-28)40-38(42-39)29-18-8-3-9-19-29/h2-4,6-26H,1,5H2. The van der Waals surface area contributed by atoms with Crippen LogP contribution in [-0.2, 0) is 0 Å². The third kappa shape index (κ3) is 4.54. The molecular weight excluding hydrogens is 524 g/mol. The van der Waals surface area contributed by atoms with Crippen LogP contribution in [0, 0.1) is 0 Å². The Morgan fingerprint density at radius 1 is 0.488 bits per heavy atom. The molecule has 0 saturated carbocycles. The van der Waals surface area contributed by atoms with Crippen LogP contribution in [0.25, 0.3) is 67.2 Å². The van der Waals surface area contributed by atoms with E-state index in [1.165, 1.54) is 16.7 Å². The summed E-state index contributed by atoms with van der Waals surface area (Å²) in [6, 6.07) is 44.2. The fourth-order valence-electron chi connectivity index (χ4n) is 6.05. The van der Waals surface area contributed by atoms with Gasteiger partial charge in [-0.25, -0.2) is 4.98 Å². The third-order valence-corrected chi connectivity index (χ3v) is 8.11. The summed E-state index contributed by atoms with van der Waals surface area (Å²) >= 11 is 0. The van der Waals surface area contributed by atoms with Crippen molar-refractivity contribution in [2.45, 2.75) is 12.8 Å². The molecule has 0 bridgehead atoms. The quantitative estimate of drug-likeness (QED) is 0.213. The Hall–Kier alpha value is -5.61. The van der Waals surface area contributed by atoms with Gasteiger partial charge in [0, 0.05) is 21.9 Å². The van der Waals surface area contributed by atoms with Gasteiger partial charge in [-0.1, -0.05) is 133 Å². The topological polar surface area (TPSA) is 43.6 Å². The summed E-state index contributed by atoms with van der Waals surface area (Å²) in [6.45, 7) is 0. The van der Waals surface area contributed by atoms with E-state index < -0.39 is 0 Å². The van der Waals surface area contributed by atoms with Gasteiger partial charge < -0.3 is 0 Å². The van der Waals surface area contributed by atoms with Gasteiger partial charge in [0.25, 0.3) is 0 Å². The lowest BCUT2D eigenvalue weighted by Crippen LogP contribution is -2.06. The first kappa shape index (κ1) is 25.1. The van der Waals surface area contributed by atoms with Crippen molar-refractivity contribution < 1.29 is 0 Å². The van der Waals surface area contributed by atoms with Crippen molar-refractivity contribution in [2.24, 2.45) is 0 Å². The highest BCUT2D eigenvalue weighted by molar-refractivity contribution is 6.10. The highest BCUT2D eigenvalue weighted by Crippen LogP contribution is 2.37. The third-order valence-electron chi connectivity index (χ3n) is 8.11. The second-order valence-electron chi connectivity index (χ2n) is 10.8. The Labute approximate surface area is 250 Å². The van der Waals surface area contributed by atoms with E-state index in [9.17, 15) is 0 Å². The number of aromatic nitrogens is 4. The SMILES string of the molecule is C1=CC(c2ccccc2-c2ccc3c4ccccc4n(-c4nc(-c5ccccc5)nc(-c5ccccc5)n4)c3c2)=CCC1. The van der Waals surface area contributed by atoms with Gasteiger partial charge in [-0.15, -0.1) is 0 Å². The molecule has 4 nitrogen and oxygen atoms in total. The lowest BCUT2D eigenvalue weighted by atomic mass is 9.91. The minimum absolute atomic E-state index is 0.599. The van der Waals surface area contributed by atoms with Gasteiger partial charge in [-0.05, 0) is 47.2 Å². The summed E-state index contributed by atoms with van der Waals surface area (Å²) in [5.41, 5.74) is 8.92. The van der Waals surface area contributed by atoms with Crippen molar-refractivity contribution >= 4 is 27.4 Å². The Kier molecular flexibility index (Phi) is 6.23. The Balaban J connectivity index is 1.39. The summed E-state index contributed by atoms with van der Waals surface area (Å²) in [7, 11) is 0. The average molecular weight is 553 g/mol. The van der Waals surface area contributed by atoms with E-state index in [2.05, 4.69) is 89.5 Å². The molecule has 2 heterocycles. The van der Waals surface area contributed by atoms with Crippen LogP contribution in [0.2, 0.25) is 0 Å². The first-order valence-electron chi connectivity index (χ1n) is 14.7. The molecule has 0 aliphatic heterocycles. The molecule has 0 fully saturated rings. The van der Waals surface area contributed by atoms with Crippen LogP contribution >= 0.6 is 0 Å². The molecule has 1 aliphatic rings. The van der Waals surface area contributed by atoms with E-state index in [1.807, 2.05) is 60.7 Å². The van der Waals surface area contributed by atoms with Crippen LogP contribution < -0.4 is 0 Å². The van der Waals surface area contributed by atoms with Crippen LogP contribution in [-0.4, -0.2) is 19.5 Å². The maximum Gasteiger partial charge on any atom is 0.238 e. The van der Waals surface area contributed by atoms with Gasteiger partial charge in [0.15, 0.2) is 11.6 Å². The van der Waals surface area contributed by atoms with E-state index in [1.54, 1.807) is 0 Å². The van der Waals surface area contributed by atoms with E-state index >= 15 is 0 Å². The van der Waals surface area contributed by atoms with E-state index in [0.717, 1.165) is 51.3 Å². The van der Waals surface area contributed by atoms with Crippen molar-refractivity contribution in [3.63, 3.8) is 0 Å². The van der Waals surface area contributed by atoms with Crippen LogP contribution in [0.3, 0.4) is 0 Å². The van der Waals surface area contributed by atoms with E-state index in [4.69, 9.17) is 15.0 Å². The number of hydrogen-bond donors (Lipinski definition) is 0. The number of hydrogen-bond acceptors (Lipinski definition) is 3. The van der Waals surface area contributed by atoms with Crippen molar-refractivity contribution in [1.82, 2.24) is 19.5 Å². The van der Waals surface area contributed by atoms with Crippen molar-refractivity contribution in [1.29, 1.82) is 0 Å². The number of rotatable bonds is 5. The molecule has 1 aliphatic carbocycles. The molecule has 0 unspecified atom stereocenters. The summed E-state index contributed by atoms with van der Waals surface area (Å²) in [5, 5.41) is 2.33. The second-order valence-corrected chi connectivity index (χ2v) is 10.8. The largest absolute Gasteiger partial charge is 0.278 e. The first-order chi connectivity index (χ1) is 21.3. The molecule has 0 N–H and O–H groups in total. The minimum atomic E-state index is 0.599. The van der Waals surface area contributed by atoms with Crippen LogP contribution in [0.15, 0.2) is 146 Å². The monoisotopic (exact) mass is 552 g/mol.